The average Bonchev–Trinajstić information content (AvgIpc) is 2.50. The van der Waals surface area contributed by atoms with E-state index in [4.69, 9.17) is 0 Å². The molecule has 0 atom stereocenters. The standard InChI is InChI=1S/C10H12BrN3/c1-6(2)13-9-3-7(11)4-10-8(9)5-12-14-10/h3-6,13H,1-2H3,(H,12,14). The van der Waals surface area contributed by atoms with Crippen molar-refractivity contribution in [2.24, 2.45) is 0 Å². The van der Waals surface area contributed by atoms with Gasteiger partial charge in [-0.05, 0) is 26.0 Å². The van der Waals surface area contributed by atoms with Gasteiger partial charge in [-0.25, -0.2) is 0 Å². The van der Waals surface area contributed by atoms with Crippen molar-refractivity contribution >= 4 is 32.5 Å². The fraction of sp³-hybridized carbons (Fsp3) is 0.300. The van der Waals surface area contributed by atoms with Gasteiger partial charge in [0.1, 0.15) is 0 Å². The Morgan fingerprint density at radius 2 is 2.21 bits per heavy atom. The molecule has 0 amide bonds. The molecule has 0 spiro atoms. The molecule has 1 heterocycles. The van der Waals surface area contributed by atoms with Crippen LogP contribution in [0.15, 0.2) is 22.8 Å². The van der Waals surface area contributed by atoms with Crippen molar-refractivity contribution in [2.75, 3.05) is 5.32 Å². The van der Waals surface area contributed by atoms with Gasteiger partial charge in [0.25, 0.3) is 0 Å². The van der Waals surface area contributed by atoms with E-state index in [0.717, 1.165) is 21.1 Å². The van der Waals surface area contributed by atoms with Crippen LogP contribution in [0.3, 0.4) is 0 Å². The van der Waals surface area contributed by atoms with E-state index < -0.39 is 0 Å². The summed E-state index contributed by atoms with van der Waals surface area (Å²) in [4.78, 5) is 0. The number of nitrogens with one attached hydrogen (secondary N) is 2. The zero-order valence-electron chi connectivity index (χ0n) is 8.13. The predicted octanol–water partition coefficient (Wildman–Crippen LogP) is 3.15. The molecular weight excluding hydrogens is 242 g/mol. The maximum Gasteiger partial charge on any atom is 0.0682 e. The first kappa shape index (κ1) is 9.52. The second kappa shape index (κ2) is 3.61. The summed E-state index contributed by atoms with van der Waals surface area (Å²) in [6.07, 6.45) is 1.84. The first-order valence-electron chi connectivity index (χ1n) is 4.56. The van der Waals surface area contributed by atoms with E-state index in [1.165, 1.54) is 0 Å². The number of anilines is 1. The molecule has 4 heteroatoms. The number of aromatic amines is 1. The van der Waals surface area contributed by atoms with Crippen LogP contribution in [0.4, 0.5) is 5.69 Å². The maximum absolute atomic E-state index is 4.02. The lowest BCUT2D eigenvalue weighted by molar-refractivity contribution is 0.901. The van der Waals surface area contributed by atoms with Gasteiger partial charge in [-0.1, -0.05) is 15.9 Å². The second-order valence-corrected chi connectivity index (χ2v) is 4.50. The van der Waals surface area contributed by atoms with Crippen LogP contribution in [0.2, 0.25) is 0 Å². The molecule has 2 N–H and O–H groups in total. The summed E-state index contributed by atoms with van der Waals surface area (Å²) in [7, 11) is 0. The number of aromatic nitrogens is 2. The van der Waals surface area contributed by atoms with Gasteiger partial charge in [0.05, 0.1) is 11.7 Å². The average molecular weight is 254 g/mol. The summed E-state index contributed by atoms with van der Waals surface area (Å²) in [5.41, 5.74) is 2.15. The molecule has 0 aliphatic heterocycles. The number of fused-ring (bicyclic) bond motifs is 1. The highest BCUT2D eigenvalue weighted by atomic mass is 79.9. The zero-order chi connectivity index (χ0) is 10.1. The van der Waals surface area contributed by atoms with Crippen molar-refractivity contribution in [1.82, 2.24) is 10.2 Å². The number of nitrogens with zero attached hydrogens (tertiary/aromatic N) is 1. The van der Waals surface area contributed by atoms with Gasteiger partial charge in [-0.3, -0.25) is 5.10 Å². The molecule has 14 heavy (non-hydrogen) atoms. The molecular formula is C10H12BrN3. The van der Waals surface area contributed by atoms with E-state index in [1.54, 1.807) is 0 Å². The van der Waals surface area contributed by atoms with Crippen LogP contribution in [-0.4, -0.2) is 16.2 Å². The molecule has 0 aliphatic carbocycles. The lowest BCUT2D eigenvalue weighted by atomic mass is 10.2. The van der Waals surface area contributed by atoms with Gasteiger partial charge >= 0.3 is 0 Å². The van der Waals surface area contributed by atoms with Crippen molar-refractivity contribution in [2.45, 2.75) is 19.9 Å². The molecule has 0 saturated carbocycles. The van der Waals surface area contributed by atoms with Crippen LogP contribution < -0.4 is 5.32 Å². The lowest BCUT2D eigenvalue weighted by Gasteiger charge is -2.11. The molecule has 0 bridgehead atoms. The summed E-state index contributed by atoms with van der Waals surface area (Å²) in [6.45, 7) is 4.24. The predicted molar refractivity (Wildman–Crippen MR) is 62.6 cm³/mol. The van der Waals surface area contributed by atoms with Crippen molar-refractivity contribution < 1.29 is 0 Å². The normalized spacial score (nSPS) is 11.1. The molecule has 0 aliphatic rings. The maximum atomic E-state index is 4.02. The molecule has 1 aromatic carbocycles. The summed E-state index contributed by atoms with van der Waals surface area (Å²) < 4.78 is 1.05. The van der Waals surface area contributed by atoms with Crippen LogP contribution in [0.1, 0.15) is 13.8 Å². The van der Waals surface area contributed by atoms with Crippen molar-refractivity contribution in [3.05, 3.63) is 22.8 Å². The number of halogens is 1. The highest BCUT2D eigenvalue weighted by molar-refractivity contribution is 9.10. The van der Waals surface area contributed by atoms with Gasteiger partial charge in [-0.2, -0.15) is 5.10 Å². The fourth-order valence-corrected chi connectivity index (χ4v) is 1.90. The van der Waals surface area contributed by atoms with Gasteiger partial charge in [-0.15, -0.1) is 0 Å². The first-order valence-corrected chi connectivity index (χ1v) is 5.35. The van der Waals surface area contributed by atoms with Gasteiger partial charge < -0.3 is 5.32 Å². The summed E-state index contributed by atoms with van der Waals surface area (Å²) in [6, 6.07) is 4.51. The third kappa shape index (κ3) is 1.75. The van der Waals surface area contributed by atoms with E-state index in [1.807, 2.05) is 12.3 Å². The number of hydrogen-bond donors (Lipinski definition) is 2. The molecule has 0 unspecified atom stereocenters. The van der Waals surface area contributed by atoms with Gasteiger partial charge in [0.15, 0.2) is 0 Å². The minimum atomic E-state index is 0.419. The van der Waals surface area contributed by atoms with Crippen molar-refractivity contribution in [3.8, 4) is 0 Å². The molecule has 2 aromatic rings. The minimum Gasteiger partial charge on any atom is -0.382 e. The Morgan fingerprint density at radius 3 is 2.93 bits per heavy atom. The van der Waals surface area contributed by atoms with Crippen LogP contribution in [0.25, 0.3) is 10.9 Å². The van der Waals surface area contributed by atoms with Crippen molar-refractivity contribution in [3.63, 3.8) is 0 Å². The Labute approximate surface area is 91.0 Å². The molecule has 0 radical (unpaired) electrons. The Morgan fingerprint density at radius 1 is 1.43 bits per heavy atom. The van der Waals surface area contributed by atoms with E-state index in [2.05, 4.69) is 51.4 Å². The second-order valence-electron chi connectivity index (χ2n) is 3.58. The number of benzene rings is 1. The molecule has 0 fully saturated rings. The molecule has 3 nitrogen and oxygen atoms in total. The lowest BCUT2D eigenvalue weighted by Crippen LogP contribution is -2.09. The van der Waals surface area contributed by atoms with Crippen LogP contribution in [0, 0.1) is 0 Å². The molecule has 1 aromatic heterocycles. The number of rotatable bonds is 2. The number of H-pyrrole nitrogens is 1. The Bertz CT molecular complexity index is 448. The van der Waals surface area contributed by atoms with E-state index in [0.29, 0.717) is 6.04 Å². The molecule has 2 rings (SSSR count). The third-order valence-corrected chi connectivity index (χ3v) is 2.43. The SMILES string of the molecule is CC(C)Nc1cc(Br)cc2[nH]ncc12. The monoisotopic (exact) mass is 253 g/mol. The van der Waals surface area contributed by atoms with Gasteiger partial charge in [0.2, 0.25) is 0 Å². The first-order chi connectivity index (χ1) is 6.66. The fourth-order valence-electron chi connectivity index (χ4n) is 1.45. The summed E-state index contributed by atoms with van der Waals surface area (Å²) in [5, 5.41) is 11.5. The van der Waals surface area contributed by atoms with Crippen LogP contribution in [-0.2, 0) is 0 Å². The van der Waals surface area contributed by atoms with E-state index in [9.17, 15) is 0 Å². The largest absolute Gasteiger partial charge is 0.382 e. The molecule has 0 saturated heterocycles. The third-order valence-electron chi connectivity index (χ3n) is 1.97. The topological polar surface area (TPSA) is 40.7 Å². The summed E-state index contributed by atoms with van der Waals surface area (Å²) >= 11 is 3.47. The highest BCUT2D eigenvalue weighted by Gasteiger charge is 2.05. The van der Waals surface area contributed by atoms with E-state index >= 15 is 0 Å². The quantitative estimate of drug-likeness (QED) is 0.864. The number of hydrogen-bond acceptors (Lipinski definition) is 2. The summed E-state index contributed by atoms with van der Waals surface area (Å²) in [5.74, 6) is 0. The zero-order valence-corrected chi connectivity index (χ0v) is 9.72. The molecule has 74 valence electrons. The smallest absolute Gasteiger partial charge is 0.0682 e. The van der Waals surface area contributed by atoms with E-state index in [-0.39, 0.29) is 0 Å². The van der Waals surface area contributed by atoms with Crippen LogP contribution >= 0.6 is 15.9 Å². The highest BCUT2D eigenvalue weighted by Crippen LogP contribution is 2.27. The Hall–Kier alpha value is -1.03. The Kier molecular flexibility index (Phi) is 2.46. The minimum absolute atomic E-state index is 0.419. The van der Waals surface area contributed by atoms with Gasteiger partial charge in [0, 0.05) is 21.6 Å². The Balaban J connectivity index is 2.55. The van der Waals surface area contributed by atoms with Crippen molar-refractivity contribution in [1.29, 1.82) is 0 Å². The van der Waals surface area contributed by atoms with Crippen LogP contribution in [0.5, 0.6) is 0 Å².